The molecule has 0 heterocycles. The topological polar surface area (TPSA) is 55.1 Å². The van der Waals surface area contributed by atoms with Gasteiger partial charge in [0.05, 0.1) is 5.69 Å². The van der Waals surface area contributed by atoms with Crippen molar-refractivity contribution in [2.75, 3.05) is 5.32 Å². The van der Waals surface area contributed by atoms with Crippen LogP contribution in [0.3, 0.4) is 0 Å². The molecule has 20 heavy (non-hydrogen) atoms. The predicted octanol–water partition coefficient (Wildman–Crippen LogP) is 4.24. The molecule has 5 heteroatoms. The second-order valence-corrected chi connectivity index (χ2v) is 6.16. The summed E-state index contributed by atoms with van der Waals surface area (Å²) in [6.07, 6.45) is 0.239. The van der Waals surface area contributed by atoms with Crippen LogP contribution in [0.2, 0.25) is 0 Å². The number of halogens is 2. The predicted molar refractivity (Wildman–Crippen MR) is 88.5 cm³/mol. The Labute approximate surface area is 134 Å². The highest BCUT2D eigenvalue weighted by Crippen LogP contribution is 2.26. The average molecular weight is 398 g/mol. The van der Waals surface area contributed by atoms with Crippen molar-refractivity contribution in [1.29, 1.82) is 0 Å². The number of hydrogen-bond acceptors (Lipinski definition) is 2. The van der Waals surface area contributed by atoms with E-state index in [-0.39, 0.29) is 18.4 Å². The zero-order valence-corrected chi connectivity index (χ0v) is 13.8. The molecular weight excluding hydrogens is 384 g/mol. The van der Waals surface area contributed by atoms with Gasteiger partial charge in [-0.25, -0.2) is 0 Å². The zero-order valence-electron chi connectivity index (χ0n) is 10.6. The normalized spacial score (nSPS) is 11.9. The minimum Gasteiger partial charge on any atom is -0.325 e. The summed E-state index contributed by atoms with van der Waals surface area (Å²) in [5.74, 6) is -0.111. The summed E-state index contributed by atoms with van der Waals surface area (Å²) >= 11 is 6.78. The molecule has 3 nitrogen and oxygen atoms in total. The first-order chi connectivity index (χ1) is 9.56. The Balaban J connectivity index is 2.01. The van der Waals surface area contributed by atoms with Crippen LogP contribution in [0.25, 0.3) is 0 Å². The van der Waals surface area contributed by atoms with Crippen molar-refractivity contribution < 1.29 is 4.79 Å². The maximum atomic E-state index is 12.0. The van der Waals surface area contributed by atoms with Gasteiger partial charge >= 0.3 is 0 Å². The molecule has 3 N–H and O–H groups in total. The standard InChI is InChI=1S/C15H14Br2N2O/c16-11-6-7-12(17)14(8-11)19-15(20)9-13(18)10-4-2-1-3-5-10/h1-8,13H,9,18H2,(H,19,20). The van der Waals surface area contributed by atoms with Gasteiger partial charge in [0.15, 0.2) is 0 Å². The Hall–Kier alpha value is -1.17. The van der Waals surface area contributed by atoms with E-state index in [4.69, 9.17) is 5.73 Å². The van der Waals surface area contributed by atoms with Crippen molar-refractivity contribution in [3.63, 3.8) is 0 Å². The van der Waals surface area contributed by atoms with E-state index in [9.17, 15) is 4.79 Å². The van der Waals surface area contributed by atoms with Crippen molar-refractivity contribution in [3.8, 4) is 0 Å². The van der Waals surface area contributed by atoms with Crippen LogP contribution in [0, 0.1) is 0 Å². The number of rotatable bonds is 4. The Morgan fingerprint density at radius 2 is 1.85 bits per heavy atom. The Bertz CT molecular complexity index is 602. The molecular formula is C15H14Br2N2O. The lowest BCUT2D eigenvalue weighted by molar-refractivity contribution is -0.116. The second kappa shape index (κ2) is 7.02. The van der Waals surface area contributed by atoms with Gasteiger partial charge in [0.2, 0.25) is 5.91 Å². The second-order valence-electron chi connectivity index (χ2n) is 4.39. The Kier molecular flexibility index (Phi) is 5.34. The summed E-state index contributed by atoms with van der Waals surface area (Å²) < 4.78 is 1.74. The summed E-state index contributed by atoms with van der Waals surface area (Å²) in [7, 11) is 0. The summed E-state index contributed by atoms with van der Waals surface area (Å²) in [6, 6.07) is 14.9. The number of nitrogens with two attached hydrogens (primary N) is 1. The Morgan fingerprint density at radius 3 is 2.55 bits per heavy atom. The quantitative estimate of drug-likeness (QED) is 0.810. The third kappa shape index (κ3) is 4.16. The van der Waals surface area contributed by atoms with E-state index < -0.39 is 0 Å². The van der Waals surface area contributed by atoms with E-state index >= 15 is 0 Å². The number of nitrogens with one attached hydrogen (secondary N) is 1. The van der Waals surface area contributed by atoms with Crippen LogP contribution >= 0.6 is 31.9 Å². The van der Waals surface area contributed by atoms with Gasteiger partial charge < -0.3 is 11.1 Å². The molecule has 0 bridgehead atoms. The molecule has 2 aromatic carbocycles. The lowest BCUT2D eigenvalue weighted by atomic mass is 10.0. The van der Waals surface area contributed by atoms with Gasteiger partial charge in [-0.2, -0.15) is 0 Å². The molecule has 0 aliphatic carbocycles. The van der Waals surface area contributed by atoms with Gasteiger partial charge in [0, 0.05) is 21.4 Å². The van der Waals surface area contributed by atoms with Crippen LogP contribution in [0.1, 0.15) is 18.0 Å². The SMILES string of the molecule is NC(CC(=O)Nc1cc(Br)ccc1Br)c1ccccc1. The van der Waals surface area contributed by atoms with Crippen LogP contribution in [0.5, 0.6) is 0 Å². The minimum atomic E-state index is -0.304. The van der Waals surface area contributed by atoms with E-state index in [2.05, 4.69) is 37.2 Å². The Morgan fingerprint density at radius 1 is 1.15 bits per heavy atom. The fraction of sp³-hybridized carbons (Fsp3) is 0.133. The van der Waals surface area contributed by atoms with Crippen molar-refractivity contribution >= 4 is 43.5 Å². The summed E-state index contributed by atoms with van der Waals surface area (Å²) in [5.41, 5.74) is 7.72. The van der Waals surface area contributed by atoms with Crippen molar-refractivity contribution in [2.45, 2.75) is 12.5 Å². The van der Waals surface area contributed by atoms with Gasteiger partial charge in [0.25, 0.3) is 0 Å². The van der Waals surface area contributed by atoms with Crippen LogP contribution in [-0.4, -0.2) is 5.91 Å². The molecule has 0 saturated carbocycles. The zero-order chi connectivity index (χ0) is 14.5. The number of carbonyl (C=O) groups excluding carboxylic acids is 1. The monoisotopic (exact) mass is 396 g/mol. The minimum absolute atomic E-state index is 0.111. The molecule has 2 rings (SSSR count). The lowest BCUT2D eigenvalue weighted by Crippen LogP contribution is -2.20. The highest BCUT2D eigenvalue weighted by Gasteiger charge is 2.12. The van der Waals surface area contributed by atoms with Crippen LogP contribution in [0.4, 0.5) is 5.69 Å². The van der Waals surface area contributed by atoms with Gasteiger partial charge in [-0.05, 0) is 39.7 Å². The number of carbonyl (C=O) groups is 1. The number of benzene rings is 2. The molecule has 0 aliphatic rings. The molecule has 0 spiro atoms. The smallest absolute Gasteiger partial charge is 0.226 e. The number of amides is 1. The molecule has 0 aliphatic heterocycles. The molecule has 1 unspecified atom stereocenters. The number of hydrogen-bond donors (Lipinski definition) is 2. The molecule has 104 valence electrons. The van der Waals surface area contributed by atoms with Crippen LogP contribution in [0.15, 0.2) is 57.5 Å². The fourth-order valence-corrected chi connectivity index (χ4v) is 2.52. The average Bonchev–Trinajstić information content (AvgIpc) is 2.43. The van der Waals surface area contributed by atoms with E-state index in [1.165, 1.54) is 0 Å². The number of anilines is 1. The van der Waals surface area contributed by atoms with Gasteiger partial charge in [-0.3, -0.25) is 4.79 Å². The maximum absolute atomic E-state index is 12.0. The van der Waals surface area contributed by atoms with E-state index in [1.54, 1.807) is 0 Å². The van der Waals surface area contributed by atoms with E-state index in [1.807, 2.05) is 48.5 Å². The molecule has 0 saturated heterocycles. The molecule has 0 fully saturated rings. The first kappa shape index (κ1) is 15.2. The maximum Gasteiger partial charge on any atom is 0.226 e. The molecule has 0 aromatic heterocycles. The largest absolute Gasteiger partial charge is 0.325 e. The van der Waals surface area contributed by atoms with E-state index in [0.717, 1.165) is 20.2 Å². The third-order valence-corrected chi connectivity index (χ3v) is 4.02. The summed E-state index contributed by atoms with van der Waals surface area (Å²) in [4.78, 5) is 12.0. The first-order valence-electron chi connectivity index (χ1n) is 6.11. The van der Waals surface area contributed by atoms with Crippen molar-refractivity contribution in [1.82, 2.24) is 0 Å². The van der Waals surface area contributed by atoms with Gasteiger partial charge in [0.1, 0.15) is 0 Å². The van der Waals surface area contributed by atoms with Crippen LogP contribution < -0.4 is 11.1 Å². The van der Waals surface area contributed by atoms with Gasteiger partial charge in [-0.15, -0.1) is 0 Å². The molecule has 0 radical (unpaired) electrons. The van der Waals surface area contributed by atoms with Gasteiger partial charge in [-0.1, -0.05) is 46.3 Å². The molecule has 2 aromatic rings. The first-order valence-corrected chi connectivity index (χ1v) is 7.70. The molecule has 1 amide bonds. The van der Waals surface area contributed by atoms with Crippen molar-refractivity contribution in [2.24, 2.45) is 5.73 Å². The third-order valence-electron chi connectivity index (χ3n) is 2.84. The highest BCUT2D eigenvalue weighted by atomic mass is 79.9. The van der Waals surface area contributed by atoms with Crippen molar-refractivity contribution in [3.05, 3.63) is 63.0 Å². The summed E-state index contributed by atoms with van der Waals surface area (Å²) in [5, 5.41) is 2.86. The fourth-order valence-electron chi connectivity index (χ4n) is 1.81. The summed E-state index contributed by atoms with van der Waals surface area (Å²) in [6.45, 7) is 0. The van der Waals surface area contributed by atoms with E-state index in [0.29, 0.717) is 0 Å². The highest BCUT2D eigenvalue weighted by molar-refractivity contribution is 9.11. The van der Waals surface area contributed by atoms with Crippen LogP contribution in [-0.2, 0) is 4.79 Å². The lowest BCUT2D eigenvalue weighted by Gasteiger charge is -2.13. The molecule has 1 atom stereocenters.